The van der Waals surface area contributed by atoms with E-state index in [0.29, 0.717) is 6.04 Å². The van der Waals surface area contributed by atoms with Crippen LogP contribution in [0.25, 0.3) is 0 Å². The molecule has 2 rings (SSSR count). The molecule has 1 unspecified atom stereocenters. The molecule has 1 atom stereocenters. The van der Waals surface area contributed by atoms with Gasteiger partial charge in [-0.2, -0.15) is 0 Å². The molecule has 1 aliphatic heterocycles. The summed E-state index contributed by atoms with van der Waals surface area (Å²) >= 11 is 6.25. The Morgan fingerprint density at radius 3 is 2.95 bits per heavy atom. The maximum absolute atomic E-state index is 6.25. The highest BCUT2D eigenvalue weighted by atomic mass is 35.5. The number of pyridine rings is 1. The van der Waals surface area contributed by atoms with E-state index in [4.69, 9.17) is 16.6 Å². The lowest BCUT2D eigenvalue weighted by atomic mass is 9.98. The lowest BCUT2D eigenvalue weighted by Gasteiger charge is -2.37. The molecular weight excluding hydrogens is 270 g/mol. The summed E-state index contributed by atoms with van der Waals surface area (Å²) in [4.78, 5) is 7.28. The maximum Gasteiger partial charge on any atom is 0.129 e. The van der Waals surface area contributed by atoms with E-state index in [1.807, 2.05) is 6.07 Å². The van der Waals surface area contributed by atoms with Crippen LogP contribution in [0.2, 0.25) is 5.02 Å². The summed E-state index contributed by atoms with van der Waals surface area (Å²) in [6.07, 6.45) is 6.40. The van der Waals surface area contributed by atoms with Gasteiger partial charge in [-0.3, -0.25) is 0 Å². The van der Waals surface area contributed by atoms with Crippen molar-refractivity contribution in [1.82, 2.24) is 10.3 Å². The first-order chi connectivity index (χ1) is 9.76. The molecule has 1 aromatic heterocycles. The monoisotopic (exact) mass is 295 g/mol. The van der Waals surface area contributed by atoms with E-state index in [1.165, 1.54) is 32.1 Å². The zero-order valence-corrected chi connectivity index (χ0v) is 13.4. The molecule has 1 N–H and O–H groups in total. The molecule has 112 valence electrons. The van der Waals surface area contributed by atoms with E-state index in [-0.39, 0.29) is 0 Å². The summed E-state index contributed by atoms with van der Waals surface area (Å²) in [6.45, 7) is 7.16. The third-order valence-electron chi connectivity index (χ3n) is 3.99. The fraction of sp³-hybridized carbons (Fsp3) is 0.688. The van der Waals surface area contributed by atoms with Crippen LogP contribution < -0.4 is 10.2 Å². The summed E-state index contributed by atoms with van der Waals surface area (Å²) in [5.41, 5.74) is 0.965. The van der Waals surface area contributed by atoms with Crippen LogP contribution >= 0.6 is 11.6 Å². The minimum atomic E-state index is 0.648. The molecule has 1 aliphatic rings. The molecule has 0 spiro atoms. The second-order valence-electron chi connectivity index (χ2n) is 5.51. The molecule has 3 nitrogen and oxygen atoms in total. The number of nitrogens with one attached hydrogen (secondary N) is 1. The number of piperidine rings is 1. The van der Waals surface area contributed by atoms with Gasteiger partial charge in [0.15, 0.2) is 0 Å². The molecule has 1 saturated heterocycles. The average Bonchev–Trinajstić information content (AvgIpc) is 2.47. The van der Waals surface area contributed by atoms with Crippen molar-refractivity contribution in [2.24, 2.45) is 0 Å². The van der Waals surface area contributed by atoms with E-state index in [0.717, 1.165) is 36.2 Å². The first kappa shape index (κ1) is 15.6. The summed E-state index contributed by atoms with van der Waals surface area (Å²) in [6, 6.07) is 4.72. The molecule has 0 saturated carbocycles. The Morgan fingerprint density at radius 1 is 1.35 bits per heavy atom. The summed E-state index contributed by atoms with van der Waals surface area (Å²) in [5, 5.41) is 4.07. The number of hydrogen-bond acceptors (Lipinski definition) is 3. The highest BCUT2D eigenvalue weighted by Crippen LogP contribution is 2.27. The Morgan fingerprint density at radius 2 is 2.20 bits per heavy atom. The van der Waals surface area contributed by atoms with Gasteiger partial charge < -0.3 is 10.2 Å². The molecule has 20 heavy (non-hydrogen) atoms. The fourth-order valence-corrected chi connectivity index (χ4v) is 3.11. The SMILES string of the molecule is CCCC1CCCCN1c1ccc(Cl)c(CNCC)n1. The van der Waals surface area contributed by atoms with Crippen molar-refractivity contribution in [2.75, 3.05) is 18.0 Å². The van der Waals surface area contributed by atoms with E-state index in [2.05, 4.69) is 30.1 Å². The molecule has 2 heterocycles. The van der Waals surface area contributed by atoms with E-state index >= 15 is 0 Å². The Hall–Kier alpha value is -0.800. The van der Waals surface area contributed by atoms with Gasteiger partial charge in [0.05, 0.1) is 10.7 Å². The van der Waals surface area contributed by atoms with Crippen molar-refractivity contribution in [1.29, 1.82) is 0 Å². The van der Waals surface area contributed by atoms with Crippen LogP contribution in [0.1, 0.15) is 51.6 Å². The van der Waals surface area contributed by atoms with E-state index in [9.17, 15) is 0 Å². The van der Waals surface area contributed by atoms with Gasteiger partial charge in [0, 0.05) is 19.1 Å². The second-order valence-corrected chi connectivity index (χ2v) is 5.92. The molecule has 0 radical (unpaired) electrons. The van der Waals surface area contributed by atoms with Crippen LogP contribution in [0.3, 0.4) is 0 Å². The second kappa shape index (κ2) is 7.84. The molecule has 1 aromatic rings. The van der Waals surface area contributed by atoms with E-state index in [1.54, 1.807) is 0 Å². The Bertz CT molecular complexity index is 420. The largest absolute Gasteiger partial charge is 0.354 e. The van der Waals surface area contributed by atoms with Crippen LogP contribution in [0.5, 0.6) is 0 Å². The van der Waals surface area contributed by atoms with Crippen LogP contribution in [0, 0.1) is 0 Å². The Balaban J connectivity index is 2.17. The number of aromatic nitrogens is 1. The smallest absolute Gasteiger partial charge is 0.129 e. The van der Waals surface area contributed by atoms with Crippen LogP contribution in [0.4, 0.5) is 5.82 Å². The van der Waals surface area contributed by atoms with Gasteiger partial charge in [-0.05, 0) is 44.4 Å². The van der Waals surface area contributed by atoms with Gasteiger partial charge in [0.1, 0.15) is 5.82 Å². The van der Waals surface area contributed by atoms with Gasteiger partial charge in [0.2, 0.25) is 0 Å². The number of nitrogens with zero attached hydrogens (tertiary/aromatic N) is 2. The van der Waals surface area contributed by atoms with Crippen LogP contribution in [0.15, 0.2) is 12.1 Å². The lowest BCUT2D eigenvalue weighted by molar-refractivity contribution is 0.431. The number of halogens is 1. The highest BCUT2D eigenvalue weighted by molar-refractivity contribution is 6.31. The molecule has 0 bridgehead atoms. The minimum Gasteiger partial charge on any atom is -0.354 e. The fourth-order valence-electron chi connectivity index (χ4n) is 2.94. The average molecular weight is 296 g/mol. The quantitative estimate of drug-likeness (QED) is 0.860. The zero-order valence-electron chi connectivity index (χ0n) is 12.7. The van der Waals surface area contributed by atoms with Crippen molar-refractivity contribution in [3.8, 4) is 0 Å². The van der Waals surface area contributed by atoms with Crippen molar-refractivity contribution in [3.63, 3.8) is 0 Å². The first-order valence-electron chi connectivity index (χ1n) is 7.89. The normalized spacial score (nSPS) is 19.4. The number of rotatable bonds is 6. The zero-order chi connectivity index (χ0) is 14.4. The minimum absolute atomic E-state index is 0.648. The summed E-state index contributed by atoms with van der Waals surface area (Å²) < 4.78 is 0. The predicted octanol–water partition coefficient (Wildman–Crippen LogP) is 4.00. The number of hydrogen-bond donors (Lipinski definition) is 1. The highest BCUT2D eigenvalue weighted by Gasteiger charge is 2.23. The van der Waals surface area contributed by atoms with Crippen molar-refractivity contribution < 1.29 is 0 Å². The van der Waals surface area contributed by atoms with Crippen LogP contribution in [-0.4, -0.2) is 24.1 Å². The van der Waals surface area contributed by atoms with Crippen molar-refractivity contribution in [3.05, 3.63) is 22.8 Å². The lowest BCUT2D eigenvalue weighted by Crippen LogP contribution is -2.40. The standard InChI is InChI=1S/C16H26ClN3/c1-3-7-13-8-5-6-11-20(13)16-10-9-14(17)15(19-16)12-18-4-2/h9-10,13,18H,3-8,11-12H2,1-2H3. The summed E-state index contributed by atoms with van der Waals surface area (Å²) in [5.74, 6) is 1.10. The third-order valence-corrected chi connectivity index (χ3v) is 4.33. The Kier molecular flexibility index (Phi) is 6.11. The van der Waals surface area contributed by atoms with Crippen molar-refractivity contribution >= 4 is 17.4 Å². The number of anilines is 1. The molecule has 0 aromatic carbocycles. The van der Waals surface area contributed by atoms with Gasteiger partial charge in [0.25, 0.3) is 0 Å². The predicted molar refractivity (Wildman–Crippen MR) is 86.5 cm³/mol. The first-order valence-corrected chi connectivity index (χ1v) is 8.26. The topological polar surface area (TPSA) is 28.2 Å². The van der Waals surface area contributed by atoms with Gasteiger partial charge in [-0.25, -0.2) is 4.98 Å². The third kappa shape index (κ3) is 3.86. The molecular formula is C16H26ClN3. The van der Waals surface area contributed by atoms with E-state index < -0.39 is 0 Å². The molecule has 1 fully saturated rings. The Labute approximate surface area is 127 Å². The molecule has 4 heteroatoms. The van der Waals surface area contributed by atoms with Crippen LogP contribution in [-0.2, 0) is 6.54 Å². The van der Waals surface area contributed by atoms with Gasteiger partial charge in [-0.15, -0.1) is 0 Å². The van der Waals surface area contributed by atoms with Gasteiger partial charge in [-0.1, -0.05) is 31.9 Å². The maximum atomic E-state index is 6.25. The van der Waals surface area contributed by atoms with Gasteiger partial charge >= 0.3 is 0 Å². The molecule has 0 aliphatic carbocycles. The molecule has 0 amide bonds. The summed E-state index contributed by atoms with van der Waals surface area (Å²) in [7, 11) is 0. The van der Waals surface area contributed by atoms with Crippen molar-refractivity contribution in [2.45, 2.75) is 58.5 Å².